The van der Waals surface area contributed by atoms with E-state index >= 15 is 0 Å². The third-order valence-corrected chi connectivity index (χ3v) is 6.37. The smallest absolute Gasteiger partial charge is 0.227 e. The molecule has 1 fully saturated rings. The minimum atomic E-state index is 0.431. The SMILES string of the molecule is COc1cc(N2CCC(N(C)C)C2)ccc1Nc1ncc(Cl)c(-c2cnc3ccccn23)n1. The van der Waals surface area contributed by atoms with Crippen molar-refractivity contribution in [2.75, 3.05) is 44.5 Å². The van der Waals surface area contributed by atoms with Gasteiger partial charge in [0.05, 0.1) is 35.9 Å². The van der Waals surface area contributed by atoms with Gasteiger partial charge in [0.25, 0.3) is 0 Å². The van der Waals surface area contributed by atoms with Gasteiger partial charge >= 0.3 is 0 Å². The molecule has 0 spiro atoms. The van der Waals surface area contributed by atoms with Crippen molar-refractivity contribution >= 4 is 34.6 Å². The molecule has 1 N–H and O–H groups in total. The number of pyridine rings is 1. The normalized spacial score (nSPS) is 16.0. The monoisotopic (exact) mass is 463 g/mol. The largest absolute Gasteiger partial charge is 0.494 e. The lowest BCUT2D eigenvalue weighted by atomic mass is 10.2. The number of benzene rings is 1. The Hall–Kier alpha value is -3.36. The number of nitrogens with zero attached hydrogens (tertiary/aromatic N) is 6. The highest BCUT2D eigenvalue weighted by Crippen LogP contribution is 2.34. The first-order valence-corrected chi connectivity index (χ1v) is 11.2. The van der Waals surface area contributed by atoms with E-state index in [0.29, 0.717) is 22.7 Å². The number of ether oxygens (including phenoxy) is 1. The first-order valence-electron chi connectivity index (χ1n) is 10.8. The Morgan fingerprint density at radius 1 is 1.15 bits per heavy atom. The van der Waals surface area contributed by atoms with E-state index in [1.807, 2.05) is 34.9 Å². The molecule has 4 aromatic rings. The van der Waals surface area contributed by atoms with E-state index in [1.54, 1.807) is 19.5 Å². The maximum atomic E-state index is 6.45. The van der Waals surface area contributed by atoms with Gasteiger partial charge in [0.1, 0.15) is 17.1 Å². The summed E-state index contributed by atoms with van der Waals surface area (Å²) in [5, 5.41) is 3.74. The van der Waals surface area contributed by atoms with Gasteiger partial charge in [-0.15, -0.1) is 0 Å². The average molecular weight is 464 g/mol. The molecule has 0 radical (unpaired) electrons. The van der Waals surface area contributed by atoms with Crippen LogP contribution < -0.4 is 15.0 Å². The Balaban J connectivity index is 1.42. The molecule has 1 aliphatic heterocycles. The van der Waals surface area contributed by atoms with Crippen LogP contribution >= 0.6 is 11.6 Å². The van der Waals surface area contributed by atoms with Gasteiger partial charge in [-0.25, -0.2) is 15.0 Å². The van der Waals surface area contributed by atoms with E-state index in [9.17, 15) is 0 Å². The van der Waals surface area contributed by atoms with E-state index in [-0.39, 0.29) is 0 Å². The summed E-state index contributed by atoms with van der Waals surface area (Å²) in [7, 11) is 5.94. The van der Waals surface area contributed by atoms with E-state index in [0.717, 1.165) is 48.0 Å². The predicted octanol–water partition coefficient (Wildman–Crippen LogP) is 4.34. The first kappa shape index (κ1) is 21.5. The van der Waals surface area contributed by atoms with Gasteiger partial charge in [0.15, 0.2) is 0 Å². The van der Waals surface area contributed by atoms with E-state index < -0.39 is 0 Å². The van der Waals surface area contributed by atoms with E-state index in [4.69, 9.17) is 16.3 Å². The number of anilines is 3. The Morgan fingerprint density at radius 2 is 2.03 bits per heavy atom. The lowest BCUT2D eigenvalue weighted by molar-refractivity contribution is 0.315. The predicted molar refractivity (Wildman–Crippen MR) is 132 cm³/mol. The van der Waals surface area contributed by atoms with Gasteiger partial charge in [-0.05, 0) is 44.8 Å². The maximum absolute atomic E-state index is 6.45. The molecule has 1 aliphatic rings. The number of imidazole rings is 1. The van der Waals surface area contributed by atoms with Crippen molar-refractivity contribution in [2.24, 2.45) is 0 Å². The third kappa shape index (κ3) is 4.19. The number of halogens is 1. The second-order valence-electron chi connectivity index (χ2n) is 8.32. The summed E-state index contributed by atoms with van der Waals surface area (Å²) in [5.41, 5.74) is 4.16. The van der Waals surface area contributed by atoms with Crippen molar-refractivity contribution in [3.05, 3.63) is 60.0 Å². The molecule has 1 saturated heterocycles. The summed E-state index contributed by atoms with van der Waals surface area (Å²) in [5.74, 6) is 1.16. The van der Waals surface area contributed by atoms with Gasteiger partial charge < -0.3 is 19.9 Å². The summed E-state index contributed by atoms with van der Waals surface area (Å²) in [6.45, 7) is 2.04. The third-order valence-electron chi connectivity index (χ3n) is 6.09. The van der Waals surface area contributed by atoms with Crippen LogP contribution in [0.15, 0.2) is 55.0 Å². The molecule has 8 nitrogen and oxygen atoms in total. The number of hydrogen-bond acceptors (Lipinski definition) is 7. The Morgan fingerprint density at radius 3 is 2.82 bits per heavy atom. The fourth-order valence-electron chi connectivity index (χ4n) is 4.21. The molecule has 1 aromatic carbocycles. The molecule has 1 unspecified atom stereocenters. The number of aromatic nitrogens is 4. The average Bonchev–Trinajstić information content (AvgIpc) is 3.48. The minimum absolute atomic E-state index is 0.431. The summed E-state index contributed by atoms with van der Waals surface area (Å²) < 4.78 is 7.63. The topological polar surface area (TPSA) is 70.8 Å². The molecule has 0 saturated carbocycles. The number of hydrogen-bond donors (Lipinski definition) is 1. The number of methoxy groups -OCH3 is 1. The van der Waals surface area contributed by atoms with Crippen LogP contribution in [-0.2, 0) is 0 Å². The molecule has 3 aromatic heterocycles. The van der Waals surface area contributed by atoms with Crippen LogP contribution in [0.2, 0.25) is 5.02 Å². The van der Waals surface area contributed by atoms with Crippen molar-refractivity contribution in [1.29, 1.82) is 0 Å². The van der Waals surface area contributed by atoms with Gasteiger partial charge in [-0.2, -0.15) is 0 Å². The van der Waals surface area contributed by atoms with Crippen LogP contribution in [0.5, 0.6) is 5.75 Å². The van der Waals surface area contributed by atoms with Crippen LogP contribution in [0.3, 0.4) is 0 Å². The fraction of sp³-hybridized carbons (Fsp3) is 0.292. The van der Waals surface area contributed by atoms with Gasteiger partial charge in [-0.3, -0.25) is 4.40 Å². The summed E-state index contributed by atoms with van der Waals surface area (Å²) >= 11 is 6.45. The molecule has 5 rings (SSSR count). The summed E-state index contributed by atoms with van der Waals surface area (Å²) in [6, 6.07) is 12.5. The van der Waals surface area contributed by atoms with Crippen molar-refractivity contribution in [1.82, 2.24) is 24.3 Å². The number of rotatable bonds is 6. The second-order valence-corrected chi connectivity index (χ2v) is 8.73. The Labute approximate surface area is 197 Å². The highest BCUT2D eigenvalue weighted by atomic mass is 35.5. The molecule has 33 heavy (non-hydrogen) atoms. The highest BCUT2D eigenvalue weighted by Gasteiger charge is 2.24. The van der Waals surface area contributed by atoms with Crippen molar-refractivity contribution in [2.45, 2.75) is 12.5 Å². The Bertz CT molecular complexity index is 1290. The zero-order chi connectivity index (χ0) is 22.9. The van der Waals surface area contributed by atoms with Crippen LogP contribution in [0.25, 0.3) is 17.0 Å². The lowest BCUT2D eigenvalue weighted by Gasteiger charge is -2.23. The molecule has 0 bridgehead atoms. The standard InChI is InChI=1S/C24H26ClN7O/c1-30(2)17-9-11-31(15-17)16-7-8-19(21(12-16)33-3)28-24-27-13-18(25)23(29-24)20-14-26-22-6-4-5-10-32(20)22/h4-8,10,12-14,17H,9,11,15H2,1-3H3,(H,27,28,29). The number of fused-ring (bicyclic) bond motifs is 1. The molecule has 170 valence electrons. The Kier molecular flexibility index (Phi) is 5.78. The zero-order valence-corrected chi connectivity index (χ0v) is 19.6. The molecule has 4 heterocycles. The van der Waals surface area contributed by atoms with Crippen LogP contribution in [0.4, 0.5) is 17.3 Å². The first-order chi connectivity index (χ1) is 16.0. The lowest BCUT2D eigenvalue weighted by Crippen LogP contribution is -2.31. The molecule has 1 atom stereocenters. The highest BCUT2D eigenvalue weighted by molar-refractivity contribution is 6.32. The summed E-state index contributed by atoms with van der Waals surface area (Å²) in [6.07, 6.45) is 6.45. The van der Waals surface area contributed by atoms with Crippen molar-refractivity contribution in [3.8, 4) is 17.1 Å². The van der Waals surface area contributed by atoms with E-state index in [2.05, 4.69) is 56.3 Å². The molecule has 9 heteroatoms. The number of nitrogens with one attached hydrogen (secondary N) is 1. The second kappa shape index (κ2) is 8.88. The minimum Gasteiger partial charge on any atom is -0.494 e. The zero-order valence-electron chi connectivity index (χ0n) is 18.9. The molecule has 0 amide bonds. The molecular weight excluding hydrogens is 438 g/mol. The van der Waals surface area contributed by atoms with Gasteiger partial charge in [0, 0.05) is 37.1 Å². The van der Waals surface area contributed by atoms with Gasteiger partial charge in [-0.1, -0.05) is 17.7 Å². The van der Waals surface area contributed by atoms with Crippen molar-refractivity contribution < 1.29 is 4.74 Å². The summed E-state index contributed by atoms with van der Waals surface area (Å²) in [4.78, 5) is 18.2. The van der Waals surface area contributed by atoms with Crippen LogP contribution in [-0.4, -0.2) is 64.6 Å². The maximum Gasteiger partial charge on any atom is 0.227 e. The van der Waals surface area contributed by atoms with Crippen molar-refractivity contribution in [3.63, 3.8) is 0 Å². The van der Waals surface area contributed by atoms with Gasteiger partial charge in [0.2, 0.25) is 5.95 Å². The van der Waals surface area contributed by atoms with Crippen LogP contribution in [0, 0.1) is 0 Å². The molecular formula is C24H26ClN7O. The quantitative estimate of drug-likeness (QED) is 0.456. The van der Waals surface area contributed by atoms with Crippen LogP contribution in [0.1, 0.15) is 6.42 Å². The number of likely N-dealkylation sites (N-methyl/N-ethyl adjacent to an activating group) is 1. The fourth-order valence-corrected chi connectivity index (χ4v) is 4.40. The van der Waals surface area contributed by atoms with E-state index in [1.165, 1.54) is 0 Å². The molecule has 0 aliphatic carbocycles.